The molecule has 1 aliphatic heterocycles. The van der Waals surface area contributed by atoms with Crippen LogP contribution in [0.25, 0.3) is 0 Å². The van der Waals surface area contributed by atoms with Gasteiger partial charge in [-0.25, -0.2) is 14.8 Å². The van der Waals surface area contributed by atoms with Crippen molar-refractivity contribution in [2.24, 2.45) is 0 Å². The number of anilines is 1. The van der Waals surface area contributed by atoms with Crippen molar-refractivity contribution in [1.29, 1.82) is 0 Å². The summed E-state index contributed by atoms with van der Waals surface area (Å²) in [4.78, 5) is 37.0. The molecule has 3 amide bonds. The van der Waals surface area contributed by atoms with Gasteiger partial charge < -0.3 is 9.84 Å². The Bertz CT molecular complexity index is 854. The molecule has 1 aliphatic rings. The van der Waals surface area contributed by atoms with Crippen LogP contribution in [-0.4, -0.2) is 46.0 Å². The summed E-state index contributed by atoms with van der Waals surface area (Å²) in [6, 6.07) is 6.25. The van der Waals surface area contributed by atoms with Gasteiger partial charge in [-0.05, 0) is 39.3 Å². The molecule has 0 radical (unpaired) electrons. The molecule has 8 heteroatoms. The lowest BCUT2D eigenvalue weighted by Gasteiger charge is -2.27. The summed E-state index contributed by atoms with van der Waals surface area (Å²) >= 11 is 0. The summed E-state index contributed by atoms with van der Waals surface area (Å²) in [5.74, 6) is 0.0257. The monoisotopic (exact) mass is 356 g/mol. The fourth-order valence-electron chi connectivity index (χ4n) is 2.96. The molecule has 0 unspecified atom stereocenters. The maximum absolute atomic E-state index is 12.8. The van der Waals surface area contributed by atoms with Crippen LogP contribution in [0, 0.1) is 13.8 Å². The van der Waals surface area contributed by atoms with Gasteiger partial charge in [0, 0.05) is 24.3 Å². The van der Waals surface area contributed by atoms with E-state index in [0.717, 1.165) is 0 Å². The summed E-state index contributed by atoms with van der Waals surface area (Å²) in [7, 11) is 0. The van der Waals surface area contributed by atoms with E-state index in [9.17, 15) is 14.4 Å². The predicted octanol–water partition coefficient (Wildman–Crippen LogP) is 2.79. The average Bonchev–Trinajstić information content (AvgIpc) is 3.21. The number of amides is 3. The smallest absolute Gasteiger partial charge is 0.340 e. The van der Waals surface area contributed by atoms with Gasteiger partial charge in [0.05, 0.1) is 5.69 Å². The molecule has 2 aromatic rings. The minimum atomic E-state index is -0.427. The summed E-state index contributed by atoms with van der Waals surface area (Å²) in [6.45, 7) is 5.68. The fourth-order valence-corrected chi connectivity index (χ4v) is 2.96. The molecule has 2 heterocycles. The molecule has 0 atom stereocenters. The van der Waals surface area contributed by atoms with Crippen LogP contribution in [0.15, 0.2) is 28.8 Å². The van der Waals surface area contributed by atoms with E-state index in [1.807, 2.05) is 0 Å². The number of urea groups is 1. The highest BCUT2D eigenvalue weighted by Gasteiger charge is 2.34. The van der Waals surface area contributed by atoms with Crippen molar-refractivity contribution >= 4 is 23.4 Å². The van der Waals surface area contributed by atoms with Crippen molar-refractivity contribution < 1.29 is 18.9 Å². The van der Waals surface area contributed by atoms with Crippen molar-refractivity contribution in [3.05, 3.63) is 46.8 Å². The highest BCUT2D eigenvalue weighted by Crippen LogP contribution is 2.21. The number of carbonyl (C=O) groups excluding carboxylic acids is 3. The normalized spacial score (nSPS) is 13.8. The van der Waals surface area contributed by atoms with E-state index in [2.05, 4.69) is 10.5 Å². The number of rotatable bonds is 3. The number of nitrogens with zero attached hydrogens (tertiary/aromatic N) is 3. The number of hydrogen-bond donors (Lipinski definition) is 1. The van der Waals surface area contributed by atoms with Gasteiger partial charge in [0.15, 0.2) is 5.78 Å². The molecular weight excluding hydrogens is 336 g/mol. The zero-order valence-electron chi connectivity index (χ0n) is 14.9. The van der Waals surface area contributed by atoms with Crippen LogP contribution in [0.1, 0.15) is 45.5 Å². The number of aromatic nitrogens is 1. The molecule has 8 nitrogen and oxygen atoms in total. The zero-order valence-corrected chi connectivity index (χ0v) is 14.9. The number of carbonyl (C=O) groups is 3. The molecule has 1 fully saturated rings. The molecular formula is C18H20N4O4. The van der Waals surface area contributed by atoms with Crippen molar-refractivity contribution in [3.63, 3.8) is 0 Å². The summed E-state index contributed by atoms with van der Waals surface area (Å²) in [6.07, 6.45) is 0.677. The van der Waals surface area contributed by atoms with Crippen molar-refractivity contribution in [3.8, 4) is 0 Å². The summed E-state index contributed by atoms with van der Waals surface area (Å²) in [5.41, 5.74) is 1.88. The van der Waals surface area contributed by atoms with Crippen LogP contribution < -0.4 is 5.32 Å². The Morgan fingerprint density at radius 1 is 1.15 bits per heavy atom. The number of hydrazine groups is 1. The molecule has 26 heavy (non-hydrogen) atoms. The molecule has 1 N–H and O–H groups in total. The average molecular weight is 356 g/mol. The van der Waals surface area contributed by atoms with Crippen LogP contribution in [0.3, 0.4) is 0 Å². The third-order valence-corrected chi connectivity index (χ3v) is 4.27. The molecule has 0 spiro atoms. The van der Waals surface area contributed by atoms with E-state index >= 15 is 0 Å². The fraction of sp³-hybridized carbons (Fsp3) is 0.333. The van der Waals surface area contributed by atoms with Crippen LogP contribution in [0.4, 0.5) is 10.5 Å². The first kappa shape index (κ1) is 17.7. The van der Waals surface area contributed by atoms with Crippen LogP contribution in [-0.2, 0) is 0 Å². The highest BCUT2D eigenvalue weighted by molar-refractivity contribution is 5.99. The summed E-state index contributed by atoms with van der Waals surface area (Å²) in [5, 5.41) is 9.31. The lowest BCUT2D eigenvalue weighted by atomic mass is 10.1. The van der Waals surface area contributed by atoms with Gasteiger partial charge in [-0.3, -0.25) is 9.59 Å². The van der Waals surface area contributed by atoms with E-state index in [0.29, 0.717) is 47.8 Å². The molecule has 3 rings (SSSR count). The maximum atomic E-state index is 12.8. The Kier molecular flexibility index (Phi) is 4.75. The first-order chi connectivity index (χ1) is 12.4. The van der Waals surface area contributed by atoms with Crippen LogP contribution >= 0.6 is 0 Å². The molecule has 1 saturated heterocycles. The van der Waals surface area contributed by atoms with Gasteiger partial charge in [0.1, 0.15) is 11.3 Å². The Balaban J connectivity index is 1.77. The Hall–Kier alpha value is -3.16. The molecule has 0 saturated carbocycles. The van der Waals surface area contributed by atoms with Crippen LogP contribution in [0.5, 0.6) is 0 Å². The number of benzene rings is 1. The first-order valence-electron chi connectivity index (χ1n) is 8.32. The van der Waals surface area contributed by atoms with Gasteiger partial charge in [-0.1, -0.05) is 17.3 Å². The molecule has 0 aliphatic carbocycles. The van der Waals surface area contributed by atoms with E-state index in [1.54, 1.807) is 38.1 Å². The molecule has 0 bridgehead atoms. The standard InChI is InChI=1S/C18H20N4O4/c1-11-16(13(3)26-20-11)17(24)21-8-5-9-22(21)18(25)19-15-7-4-6-14(10-15)12(2)23/h4,6-7,10H,5,8-9H2,1-3H3,(H,19,25). The Morgan fingerprint density at radius 2 is 1.88 bits per heavy atom. The van der Waals surface area contributed by atoms with E-state index in [-0.39, 0.29) is 11.7 Å². The molecule has 136 valence electrons. The number of nitrogens with one attached hydrogen (secondary N) is 1. The number of ketones is 1. The number of hydrogen-bond acceptors (Lipinski definition) is 5. The third-order valence-electron chi connectivity index (χ3n) is 4.27. The van der Waals surface area contributed by atoms with Crippen molar-refractivity contribution in [2.75, 3.05) is 18.4 Å². The summed E-state index contributed by atoms with van der Waals surface area (Å²) < 4.78 is 5.05. The Morgan fingerprint density at radius 3 is 2.54 bits per heavy atom. The lowest BCUT2D eigenvalue weighted by molar-refractivity contribution is 0.0402. The first-order valence-corrected chi connectivity index (χ1v) is 8.32. The second-order valence-corrected chi connectivity index (χ2v) is 6.17. The maximum Gasteiger partial charge on any atom is 0.340 e. The Labute approximate surface area is 150 Å². The molecule has 1 aromatic carbocycles. The second kappa shape index (κ2) is 6.99. The quantitative estimate of drug-likeness (QED) is 0.853. The molecule has 1 aromatic heterocycles. The van der Waals surface area contributed by atoms with Gasteiger partial charge in [-0.15, -0.1) is 0 Å². The van der Waals surface area contributed by atoms with E-state index in [1.165, 1.54) is 16.9 Å². The topological polar surface area (TPSA) is 95.8 Å². The predicted molar refractivity (Wildman–Crippen MR) is 93.8 cm³/mol. The third kappa shape index (κ3) is 3.30. The minimum Gasteiger partial charge on any atom is -0.361 e. The van der Waals surface area contributed by atoms with Gasteiger partial charge in [0.25, 0.3) is 5.91 Å². The van der Waals surface area contributed by atoms with Gasteiger partial charge in [0.2, 0.25) is 0 Å². The largest absolute Gasteiger partial charge is 0.361 e. The SMILES string of the molecule is CC(=O)c1cccc(NC(=O)N2CCCN2C(=O)c2c(C)noc2C)c1. The number of Topliss-reactive ketones (excluding diaryl/α,β-unsaturated/α-hetero) is 1. The zero-order chi connectivity index (χ0) is 18.8. The van der Waals surface area contributed by atoms with Gasteiger partial charge >= 0.3 is 6.03 Å². The van der Waals surface area contributed by atoms with Gasteiger partial charge in [-0.2, -0.15) is 0 Å². The lowest BCUT2D eigenvalue weighted by Crippen LogP contribution is -2.47. The highest BCUT2D eigenvalue weighted by atomic mass is 16.5. The van der Waals surface area contributed by atoms with Crippen LogP contribution in [0.2, 0.25) is 0 Å². The van der Waals surface area contributed by atoms with E-state index < -0.39 is 6.03 Å². The van der Waals surface area contributed by atoms with Crippen molar-refractivity contribution in [1.82, 2.24) is 15.2 Å². The minimum absolute atomic E-state index is 0.0857. The second-order valence-electron chi connectivity index (χ2n) is 6.17. The number of aryl methyl sites for hydroxylation is 2. The van der Waals surface area contributed by atoms with E-state index in [4.69, 9.17) is 4.52 Å². The van der Waals surface area contributed by atoms with Crippen molar-refractivity contribution in [2.45, 2.75) is 27.2 Å².